The molecule has 0 radical (unpaired) electrons. The molecule has 3 aromatic heterocycles. The second kappa shape index (κ2) is 7.22. The molecule has 124 valence electrons. The smallest absolute Gasteiger partial charge is 0.320 e. The molecule has 3 heterocycles. The van der Waals surface area contributed by atoms with E-state index in [2.05, 4.69) is 25.7 Å². The van der Waals surface area contributed by atoms with Crippen LogP contribution in [-0.4, -0.2) is 25.8 Å². The van der Waals surface area contributed by atoms with Crippen LogP contribution in [0.3, 0.4) is 0 Å². The summed E-state index contributed by atoms with van der Waals surface area (Å²) in [5, 5.41) is 10.7. The molecular formula is C16H18N6OS. The van der Waals surface area contributed by atoms with E-state index in [1.54, 1.807) is 34.5 Å². The largest absolute Gasteiger partial charge is 0.331 e. The third-order valence-corrected chi connectivity index (χ3v) is 4.48. The minimum absolute atomic E-state index is 0.302. The van der Waals surface area contributed by atoms with Crippen LogP contribution in [0.5, 0.6) is 0 Å². The first kappa shape index (κ1) is 16.1. The zero-order valence-electron chi connectivity index (χ0n) is 13.5. The average Bonchev–Trinajstić information content (AvgIpc) is 3.13. The number of pyridine rings is 1. The Morgan fingerprint density at radius 2 is 2.17 bits per heavy atom. The number of carbonyl (C=O) groups is 1. The van der Waals surface area contributed by atoms with Gasteiger partial charge in [-0.1, -0.05) is 6.07 Å². The Labute approximate surface area is 143 Å². The van der Waals surface area contributed by atoms with E-state index in [4.69, 9.17) is 0 Å². The van der Waals surface area contributed by atoms with Gasteiger partial charge in [-0.15, -0.1) is 11.3 Å². The summed E-state index contributed by atoms with van der Waals surface area (Å²) < 4.78 is 1.73. The van der Waals surface area contributed by atoms with E-state index < -0.39 is 0 Å². The molecule has 3 aromatic rings. The van der Waals surface area contributed by atoms with Crippen LogP contribution in [-0.2, 0) is 13.1 Å². The van der Waals surface area contributed by atoms with E-state index >= 15 is 0 Å². The van der Waals surface area contributed by atoms with Crippen LogP contribution in [0, 0.1) is 13.8 Å². The molecule has 0 aliphatic rings. The number of nitrogens with zero attached hydrogens (tertiary/aromatic N) is 4. The highest BCUT2D eigenvalue weighted by molar-refractivity contribution is 7.11. The molecule has 0 aliphatic heterocycles. The summed E-state index contributed by atoms with van der Waals surface area (Å²) in [5.41, 5.74) is 1.91. The second-order valence-electron chi connectivity index (χ2n) is 5.28. The molecule has 0 atom stereocenters. The van der Waals surface area contributed by atoms with E-state index in [0.29, 0.717) is 18.9 Å². The summed E-state index contributed by atoms with van der Waals surface area (Å²) in [5.74, 6) is 0.495. The fraction of sp³-hybridized carbons (Fsp3) is 0.250. The number of thiazole rings is 1. The van der Waals surface area contributed by atoms with Gasteiger partial charge in [0.05, 0.1) is 24.5 Å². The molecule has 2 N–H and O–H groups in total. The lowest BCUT2D eigenvalue weighted by atomic mass is 10.3. The van der Waals surface area contributed by atoms with Gasteiger partial charge >= 0.3 is 6.03 Å². The van der Waals surface area contributed by atoms with Gasteiger partial charge < -0.3 is 5.32 Å². The maximum atomic E-state index is 11.9. The molecule has 8 heteroatoms. The predicted octanol–water partition coefficient (Wildman–Crippen LogP) is 2.72. The number of urea groups is 1. The first-order valence-electron chi connectivity index (χ1n) is 7.51. The Balaban J connectivity index is 1.51. The zero-order chi connectivity index (χ0) is 16.9. The quantitative estimate of drug-likeness (QED) is 0.746. The van der Waals surface area contributed by atoms with Gasteiger partial charge in [0.2, 0.25) is 0 Å². The maximum Gasteiger partial charge on any atom is 0.320 e. The number of aromatic nitrogens is 4. The average molecular weight is 342 g/mol. The van der Waals surface area contributed by atoms with Crippen LogP contribution < -0.4 is 10.6 Å². The van der Waals surface area contributed by atoms with E-state index in [1.165, 1.54) is 4.88 Å². The molecule has 2 amide bonds. The van der Waals surface area contributed by atoms with E-state index in [-0.39, 0.29) is 6.03 Å². The number of carbonyl (C=O) groups excluding carboxylic acids is 1. The molecule has 0 aliphatic carbocycles. The van der Waals surface area contributed by atoms with Crippen LogP contribution in [0.4, 0.5) is 10.6 Å². The molecule has 3 rings (SSSR count). The molecule has 7 nitrogen and oxygen atoms in total. The minimum Gasteiger partial charge on any atom is -0.331 e. The number of anilines is 1. The molecule has 0 saturated carbocycles. The van der Waals surface area contributed by atoms with E-state index in [0.717, 1.165) is 16.4 Å². The lowest BCUT2D eigenvalue weighted by molar-refractivity contribution is 0.251. The summed E-state index contributed by atoms with van der Waals surface area (Å²) in [7, 11) is 0. The Bertz CT molecular complexity index is 807. The van der Waals surface area contributed by atoms with Crippen molar-refractivity contribution in [2.45, 2.75) is 26.9 Å². The number of amides is 2. The molecule has 24 heavy (non-hydrogen) atoms. The van der Waals surface area contributed by atoms with Crippen LogP contribution in [0.1, 0.15) is 21.3 Å². The maximum absolute atomic E-state index is 11.9. The molecule has 0 spiro atoms. The minimum atomic E-state index is -0.302. The molecule has 0 fully saturated rings. The van der Waals surface area contributed by atoms with Crippen LogP contribution in [0.2, 0.25) is 0 Å². The van der Waals surface area contributed by atoms with Crippen molar-refractivity contribution in [2.24, 2.45) is 0 Å². The van der Waals surface area contributed by atoms with Crippen LogP contribution in [0.15, 0.2) is 36.7 Å². The van der Waals surface area contributed by atoms with Gasteiger partial charge in [0.1, 0.15) is 5.01 Å². The van der Waals surface area contributed by atoms with Crippen molar-refractivity contribution >= 4 is 23.2 Å². The summed E-state index contributed by atoms with van der Waals surface area (Å²) in [4.78, 5) is 21.7. The molecule has 0 bridgehead atoms. The highest BCUT2D eigenvalue weighted by Crippen LogP contribution is 2.16. The SMILES string of the molecule is Cc1nc(CNC(=O)Nc2ccn(Cc3ccccn3)n2)sc1C. The van der Waals surface area contributed by atoms with Crippen LogP contribution >= 0.6 is 11.3 Å². The lowest BCUT2D eigenvalue weighted by Crippen LogP contribution is -2.28. The Morgan fingerprint density at radius 3 is 2.88 bits per heavy atom. The predicted molar refractivity (Wildman–Crippen MR) is 93.0 cm³/mol. The Morgan fingerprint density at radius 1 is 1.29 bits per heavy atom. The van der Waals surface area contributed by atoms with Crippen molar-refractivity contribution in [3.63, 3.8) is 0 Å². The summed E-state index contributed by atoms with van der Waals surface area (Å²) in [6.07, 6.45) is 3.55. The molecular weight excluding hydrogens is 324 g/mol. The number of nitrogens with one attached hydrogen (secondary N) is 2. The number of rotatable bonds is 5. The summed E-state index contributed by atoms with van der Waals surface area (Å²) >= 11 is 1.59. The third kappa shape index (κ3) is 4.17. The Hall–Kier alpha value is -2.74. The number of hydrogen-bond acceptors (Lipinski definition) is 5. The van der Waals surface area contributed by atoms with Crippen LogP contribution in [0.25, 0.3) is 0 Å². The van der Waals surface area contributed by atoms with E-state index in [1.807, 2.05) is 32.0 Å². The first-order chi connectivity index (χ1) is 11.6. The monoisotopic (exact) mass is 342 g/mol. The van der Waals surface area contributed by atoms with Crippen molar-refractivity contribution in [2.75, 3.05) is 5.32 Å². The van der Waals surface area contributed by atoms with Gasteiger partial charge in [0, 0.05) is 23.3 Å². The summed E-state index contributed by atoms with van der Waals surface area (Å²) in [6.45, 7) is 4.94. The fourth-order valence-electron chi connectivity index (χ4n) is 2.11. The van der Waals surface area contributed by atoms with Gasteiger partial charge in [-0.05, 0) is 26.0 Å². The molecule has 0 unspecified atom stereocenters. The highest BCUT2D eigenvalue weighted by Gasteiger charge is 2.08. The second-order valence-corrected chi connectivity index (χ2v) is 6.56. The lowest BCUT2D eigenvalue weighted by Gasteiger charge is -2.04. The third-order valence-electron chi connectivity index (χ3n) is 3.41. The summed E-state index contributed by atoms with van der Waals surface area (Å²) in [6, 6.07) is 7.18. The number of aryl methyl sites for hydroxylation is 2. The van der Waals surface area contributed by atoms with Crippen molar-refractivity contribution in [3.05, 3.63) is 57.9 Å². The van der Waals surface area contributed by atoms with Crippen molar-refractivity contribution in [3.8, 4) is 0 Å². The van der Waals surface area contributed by atoms with E-state index in [9.17, 15) is 4.79 Å². The van der Waals surface area contributed by atoms with Gasteiger partial charge in [-0.3, -0.25) is 15.0 Å². The van der Waals surface area contributed by atoms with Crippen molar-refractivity contribution in [1.82, 2.24) is 25.1 Å². The van der Waals surface area contributed by atoms with Gasteiger partial charge in [0.15, 0.2) is 5.82 Å². The first-order valence-corrected chi connectivity index (χ1v) is 8.33. The van der Waals surface area contributed by atoms with Gasteiger partial charge in [-0.25, -0.2) is 9.78 Å². The standard InChI is InChI=1S/C16H18N6OS/c1-11-12(2)24-15(19-11)9-18-16(23)20-14-6-8-22(21-14)10-13-5-3-4-7-17-13/h3-8H,9-10H2,1-2H3,(H2,18,20,21,23). The normalized spacial score (nSPS) is 10.6. The zero-order valence-corrected chi connectivity index (χ0v) is 14.3. The van der Waals surface area contributed by atoms with Gasteiger partial charge in [-0.2, -0.15) is 5.10 Å². The molecule has 0 aromatic carbocycles. The highest BCUT2D eigenvalue weighted by atomic mass is 32.1. The van der Waals surface area contributed by atoms with Crippen molar-refractivity contribution < 1.29 is 4.79 Å². The number of hydrogen-bond donors (Lipinski definition) is 2. The van der Waals surface area contributed by atoms with Crippen molar-refractivity contribution in [1.29, 1.82) is 0 Å². The molecule has 0 saturated heterocycles. The fourth-order valence-corrected chi connectivity index (χ4v) is 2.98. The topological polar surface area (TPSA) is 84.7 Å². The van der Waals surface area contributed by atoms with Gasteiger partial charge in [0.25, 0.3) is 0 Å². The Kier molecular flexibility index (Phi) is 4.85.